The minimum atomic E-state index is 0.464. The molecule has 0 aromatic carbocycles. The maximum atomic E-state index is 10.5. The number of hydrogen-bond acceptors (Lipinski definition) is 1. The Morgan fingerprint density at radius 1 is 0.588 bits per heavy atom. The van der Waals surface area contributed by atoms with Gasteiger partial charge in [0.1, 0.15) is 5.78 Å². The van der Waals surface area contributed by atoms with Gasteiger partial charge in [-0.3, -0.25) is 4.79 Å². The summed E-state index contributed by atoms with van der Waals surface area (Å²) in [5.41, 5.74) is 0. The van der Waals surface area contributed by atoms with Crippen molar-refractivity contribution in [2.24, 2.45) is 11.8 Å². The quantitative estimate of drug-likeness (QED) is 0.585. The highest BCUT2D eigenvalue weighted by molar-refractivity contribution is 5.78. The number of fused-ring (bicyclic) bond motifs is 1. The number of hydrogen-bond donors (Lipinski definition) is 0. The molecule has 3 aliphatic rings. The van der Waals surface area contributed by atoms with E-state index in [1.165, 1.54) is 32.1 Å². The molecular formula is C16H28O. The number of rotatable bonds is 0. The van der Waals surface area contributed by atoms with Crippen LogP contribution >= 0.6 is 0 Å². The monoisotopic (exact) mass is 236 g/mol. The van der Waals surface area contributed by atoms with Crippen molar-refractivity contribution in [3.63, 3.8) is 0 Å². The fourth-order valence-corrected chi connectivity index (χ4v) is 3.80. The summed E-state index contributed by atoms with van der Waals surface area (Å²) < 4.78 is 0. The van der Waals surface area contributed by atoms with Crippen molar-refractivity contribution in [1.82, 2.24) is 0 Å². The summed E-state index contributed by atoms with van der Waals surface area (Å²) in [6.07, 6.45) is 17.6. The zero-order valence-corrected chi connectivity index (χ0v) is 11.3. The molecule has 17 heavy (non-hydrogen) atoms. The SMILES string of the molecule is C1CCC2CCCCC2C1.O=C1CCCCC1. The van der Waals surface area contributed by atoms with Crippen LogP contribution in [0.2, 0.25) is 0 Å². The molecule has 0 aromatic heterocycles. The van der Waals surface area contributed by atoms with Gasteiger partial charge in [0, 0.05) is 12.8 Å². The van der Waals surface area contributed by atoms with Gasteiger partial charge in [0.15, 0.2) is 0 Å². The molecule has 3 rings (SSSR count). The second kappa shape index (κ2) is 7.18. The first-order valence-corrected chi connectivity index (χ1v) is 7.88. The summed E-state index contributed by atoms with van der Waals surface area (Å²) in [6.45, 7) is 0. The average Bonchev–Trinajstić information content (AvgIpc) is 2.41. The van der Waals surface area contributed by atoms with Gasteiger partial charge in [-0.1, -0.05) is 57.8 Å². The highest BCUT2D eigenvalue weighted by Crippen LogP contribution is 2.39. The van der Waals surface area contributed by atoms with Crippen molar-refractivity contribution in [1.29, 1.82) is 0 Å². The van der Waals surface area contributed by atoms with Crippen molar-refractivity contribution >= 4 is 5.78 Å². The number of carbonyl (C=O) groups is 1. The Morgan fingerprint density at radius 2 is 1.00 bits per heavy atom. The van der Waals surface area contributed by atoms with Crippen molar-refractivity contribution in [3.05, 3.63) is 0 Å². The molecule has 98 valence electrons. The van der Waals surface area contributed by atoms with Gasteiger partial charge in [0.2, 0.25) is 0 Å². The van der Waals surface area contributed by atoms with Gasteiger partial charge in [-0.05, 0) is 24.7 Å². The summed E-state index contributed by atoms with van der Waals surface area (Å²) in [7, 11) is 0. The molecule has 0 atom stereocenters. The smallest absolute Gasteiger partial charge is 0.132 e. The Morgan fingerprint density at radius 3 is 1.29 bits per heavy atom. The standard InChI is InChI=1S/C10H18.C6H10O/c1-2-6-10-8-4-3-7-9(10)5-1;7-6-4-2-1-3-5-6/h9-10H,1-8H2;1-5H2. The third-order valence-electron chi connectivity index (χ3n) is 4.88. The normalized spacial score (nSPS) is 33.3. The Labute approximate surface area is 106 Å². The van der Waals surface area contributed by atoms with Crippen molar-refractivity contribution in [2.45, 2.75) is 83.5 Å². The van der Waals surface area contributed by atoms with Crippen LogP contribution in [0.15, 0.2) is 0 Å². The van der Waals surface area contributed by atoms with E-state index >= 15 is 0 Å². The van der Waals surface area contributed by atoms with Gasteiger partial charge in [-0.2, -0.15) is 0 Å². The second-order valence-corrected chi connectivity index (χ2v) is 6.19. The molecule has 0 unspecified atom stereocenters. The lowest BCUT2D eigenvalue weighted by Gasteiger charge is -2.35. The first kappa shape index (κ1) is 13.1. The molecule has 1 nitrogen and oxygen atoms in total. The molecule has 3 aliphatic carbocycles. The Hall–Kier alpha value is -0.330. The number of Topliss-reactive ketones (excluding diaryl/α,β-unsaturated/α-hetero) is 1. The molecule has 0 aliphatic heterocycles. The maximum absolute atomic E-state index is 10.5. The van der Waals surface area contributed by atoms with Gasteiger partial charge in [0.25, 0.3) is 0 Å². The summed E-state index contributed by atoms with van der Waals surface area (Å²) in [4.78, 5) is 10.5. The molecular weight excluding hydrogens is 208 g/mol. The molecule has 0 heterocycles. The number of ketones is 1. The Bertz CT molecular complexity index is 200. The van der Waals surface area contributed by atoms with Crippen LogP contribution in [0.4, 0.5) is 0 Å². The highest BCUT2D eigenvalue weighted by Gasteiger charge is 2.26. The fraction of sp³-hybridized carbons (Fsp3) is 0.938. The Balaban J connectivity index is 0.000000136. The third kappa shape index (κ3) is 4.44. The van der Waals surface area contributed by atoms with Gasteiger partial charge < -0.3 is 0 Å². The lowest BCUT2D eigenvalue weighted by atomic mass is 9.71. The third-order valence-corrected chi connectivity index (χ3v) is 4.88. The predicted octanol–water partition coefficient (Wildman–Crippen LogP) is 4.89. The molecule has 0 spiro atoms. The van der Waals surface area contributed by atoms with Crippen LogP contribution in [0.25, 0.3) is 0 Å². The second-order valence-electron chi connectivity index (χ2n) is 6.19. The first-order chi connectivity index (χ1) is 8.36. The average molecular weight is 236 g/mol. The molecule has 0 aromatic rings. The minimum absolute atomic E-state index is 0.464. The lowest BCUT2D eigenvalue weighted by molar-refractivity contribution is -0.120. The molecule has 0 N–H and O–H groups in total. The van der Waals surface area contributed by atoms with E-state index < -0.39 is 0 Å². The highest BCUT2D eigenvalue weighted by atomic mass is 16.1. The van der Waals surface area contributed by atoms with Crippen LogP contribution in [0.5, 0.6) is 0 Å². The van der Waals surface area contributed by atoms with E-state index in [9.17, 15) is 4.79 Å². The van der Waals surface area contributed by atoms with E-state index in [-0.39, 0.29) is 0 Å². The zero-order chi connectivity index (χ0) is 11.9. The van der Waals surface area contributed by atoms with Crippen LogP contribution in [0.1, 0.15) is 83.5 Å². The van der Waals surface area contributed by atoms with Gasteiger partial charge in [-0.15, -0.1) is 0 Å². The van der Waals surface area contributed by atoms with E-state index in [1.54, 1.807) is 25.7 Å². The Kier molecular flexibility index (Phi) is 5.54. The van der Waals surface area contributed by atoms with E-state index in [0.717, 1.165) is 37.5 Å². The van der Waals surface area contributed by atoms with Crippen molar-refractivity contribution in [2.75, 3.05) is 0 Å². The molecule has 3 saturated carbocycles. The minimum Gasteiger partial charge on any atom is -0.300 e. The maximum Gasteiger partial charge on any atom is 0.132 e. The van der Waals surface area contributed by atoms with Crippen LogP contribution in [0.3, 0.4) is 0 Å². The summed E-state index contributed by atoms with van der Waals surface area (Å²) in [5, 5.41) is 0. The summed E-state index contributed by atoms with van der Waals surface area (Å²) in [6, 6.07) is 0. The van der Waals surface area contributed by atoms with Crippen LogP contribution in [-0.2, 0) is 4.79 Å². The molecule has 3 fully saturated rings. The lowest BCUT2D eigenvalue weighted by Crippen LogP contribution is -2.22. The van der Waals surface area contributed by atoms with Crippen LogP contribution in [-0.4, -0.2) is 5.78 Å². The molecule has 0 radical (unpaired) electrons. The van der Waals surface area contributed by atoms with E-state index in [4.69, 9.17) is 0 Å². The van der Waals surface area contributed by atoms with E-state index in [1.807, 2.05) is 0 Å². The van der Waals surface area contributed by atoms with Crippen LogP contribution in [0, 0.1) is 11.8 Å². The van der Waals surface area contributed by atoms with Crippen LogP contribution < -0.4 is 0 Å². The molecule has 0 bridgehead atoms. The molecule has 1 heteroatoms. The van der Waals surface area contributed by atoms with Crippen molar-refractivity contribution in [3.8, 4) is 0 Å². The summed E-state index contributed by atoms with van der Waals surface area (Å²) in [5.74, 6) is 2.77. The van der Waals surface area contributed by atoms with Crippen molar-refractivity contribution < 1.29 is 4.79 Å². The fourth-order valence-electron chi connectivity index (χ4n) is 3.80. The number of carbonyl (C=O) groups excluding carboxylic acids is 1. The van der Waals surface area contributed by atoms with Gasteiger partial charge >= 0.3 is 0 Å². The van der Waals surface area contributed by atoms with E-state index in [0.29, 0.717) is 5.78 Å². The summed E-state index contributed by atoms with van der Waals surface area (Å²) >= 11 is 0. The largest absolute Gasteiger partial charge is 0.300 e. The predicted molar refractivity (Wildman–Crippen MR) is 72.0 cm³/mol. The topological polar surface area (TPSA) is 17.1 Å². The van der Waals surface area contributed by atoms with E-state index in [2.05, 4.69) is 0 Å². The first-order valence-electron chi connectivity index (χ1n) is 7.88. The van der Waals surface area contributed by atoms with Gasteiger partial charge in [-0.25, -0.2) is 0 Å². The van der Waals surface area contributed by atoms with Gasteiger partial charge in [0.05, 0.1) is 0 Å². The molecule has 0 saturated heterocycles. The molecule has 0 amide bonds. The zero-order valence-electron chi connectivity index (χ0n) is 11.3.